The lowest BCUT2D eigenvalue weighted by atomic mass is 9.97. The molecule has 1 unspecified atom stereocenters. The molecule has 0 aliphatic heterocycles. The van der Waals surface area contributed by atoms with Crippen LogP contribution >= 0.6 is 0 Å². The van der Waals surface area contributed by atoms with E-state index in [9.17, 15) is 22.0 Å². The molecule has 0 fully saturated rings. The number of nitrogens with two attached hydrogens (primary N) is 1. The Hall–Kier alpha value is -0.390. The van der Waals surface area contributed by atoms with Crippen LogP contribution in [-0.2, 0) is 0 Å². The van der Waals surface area contributed by atoms with Crippen molar-refractivity contribution in [2.24, 2.45) is 5.73 Å². The minimum atomic E-state index is -4.29. The van der Waals surface area contributed by atoms with Crippen molar-refractivity contribution in [3.8, 4) is 0 Å². The minimum Gasteiger partial charge on any atom is -0.321 e. The molecule has 1 atom stereocenters. The van der Waals surface area contributed by atoms with Gasteiger partial charge in [-0.1, -0.05) is 0 Å². The molecule has 0 amide bonds. The molecule has 0 heterocycles. The lowest BCUT2D eigenvalue weighted by molar-refractivity contribution is -0.136. The maximum atomic E-state index is 12.0. The third-order valence-electron chi connectivity index (χ3n) is 1.67. The number of alkyl halides is 5. The van der Waals surface area contributed by atoms with Crippen LogP contribution in [-0.4, -0.2) is 18.1 Å². The predicted molar refractivity (Wildman–Crippen MR) is 38.5 cm³/mol. The third-order valence-corrected chi connectivity index (χ3v) is 1.67. The molecule has 0 bridgehead atoms. The monoisotopic (exact) mass is 205 g/mol. The second-order valence-electron chi connectivity index (χ2n) is 3.28. The molecule has 2 N–H and O–H groups in total. The molecule has 0 aliphatic carbocycles. The van der Waals surface area contributed by atoms with E-state index in [0.29, 0.717) is 0 Å². The Morgan fingerprint density at radius 1 is 1.15 bits per heavy atom. The van der Waals surface area contributed by atoms with Crippen molar-refractivity contribution in [3.63, 3.8) is 0 Å². The highest BCUT2D eigenvalue weighted by Gasteiger charge is 2.32. The highest BCUT2D eigenvalue weighted by molar-refractivity contribution is 4.81. The zero-order chi connectivity index (χ0) is 10.7. The Labute approximate surface area is 73.1 Å². The topological polar surface area (TPSA) is 26.0 Å². The van der Waals surface area contributed by atoms with Gasteiger partial charge in [-0.3, -0.25) is 0 Å². The summed E-state index contributed by atoms with van der Waals surface area (Å²) in [6.07, 6.45) is -8.84. The summed E-state index contributed by atoms with van der Waals surface area (Å²) in [5.74, 6) is 0. The molecule has 0 saturated carbocycles. The molecule has 1 nitrogen and oxygen atoms in total. The van der Waals surface area contributed by atoms with Gasteiger partial charge in [-0.05, 0) is 19.8 Å². The highest BCUT2D eigenvalue weighted by atomic mass is 19.4. The van der Waals surface area contributed by atoms with E-state index in [1.165, 1.54) is 0 Å². The van der Waals surface area contributed by atoms with E-state index < -0.39 is 24.6 Å². The first kappa shape index (κ1) is 12.6. The molecule has 0 aliphatic rings. The maximum Gasteiger partial charge on any atom is 0.389 e. The summed E-state index contributed by atoms with van der Waals surface area (Å²) >= 11 is 0. The van der Waals surface area contributed by atoms with Gasteiger partial charge in [0.2, 0.25) is 0 Å². The molecule has 0 aromatic heterocycles. The molecule has 0 aromatic carbocycles. The van der Waals surface area contributed by atoms with Crippen molar-refractivity contribution in [3.05, 3.63) is 0 Å². The van der Waals surface area contributed by atoms with Crippen LogP contribution in [0.15, 0.2) is 0 Å². The van der Waals surface area contributed by atoms with Crippen molar-refractivity contribution >= 4 is 0 Å². The molecule has 0 saturated heterocycles. The highest BCUT2D eigenvalue weighted by Crippen LogP contribution is 2.26. The van der Waals surface area contributed by atoms with E-state index in [0.717, 1.165) is 6.92 Å². The number of halogens is 5. The summed E-state index contributed by atoms with van der Waals surface area (Å²) in [5, 5.41) is 0. The maximum absolute atomic E-state index is 12.0. The normalized spacial score (nSPS) is 17.5. The first-order valence-electron chi connectivity index (χ1n) is 3.79. The van der Waals surface area contributed by atoms with Gasteiger partial charge in [-0.25, -0.2) is 8.78 Å². The zero-order valence-corrected chi connectivity index (χ0v) is 7.17. The zero-order valence-electron chi connectivity index (χ0n) is 7.17. The average Bonchev–Trinajstić information content (AvgIpc) is 1.82. The van der Waals surface area contributed by atoms with Crippen molar-refractivity contribution in [2.45, 2.75) is 44.3 Å². The van der Waals surface area contributed by atoms with Gasteiger partial charge in [-0.15, -0.1) is 0 Å². The van der Waals surface area contributed by atoms with Crippen LogP contribution in [0.4, 0.5) is 22.0 Å². The smallest absolute Gasteiger partial charge is 0.321 e. The van der Waals surface area contributed by atoms with Crippen molar-refractivity contribution < 1.29 is 22.0 Å². The van der Waals surface area contributed by atoms with E-state index in [4.69, 9.17) is 5.73 Å². The lowest BCUT2D eigenvalue weighted by Gasteiger charge is -2.23. The second kappa shape index (κ2) is 4.21. The number of hydrogen-bond acceptors (Lipinski definition) is 1. The Bertz CT molecular complexity index is 151. The molecule has 0 radical (unpaired) electrons. The van der Waals surface area contributed by atoms with Gasteiger partial charge >= 0.3 is 6.18 Å². The Balaban J connectivity index is 3.77. The lowest BCUT2D eigenvalue weighted by Crippen LogP contribution is -2.43. The summed E-state index contributed by atoms with van der Waals surface area (Å²) in [6, 6.07) is 0. The second-order valence-corrected chi connectivity index (χ2v) is 3.28. The molecule has 13 heavy (non-hydrogen) atoms. The summed E-state index contributed by atoms with van der Waals surface area (Å²) < 4.78 is 58.9. The molecule has 0 spiro atoms. The first-order valence-corrected chi connectivity index (χ1v) is 3.79. The van der Waals surface area contributed by atoms with E-state index in [1.807, 2.05) is 0 Å². The van der Waals surface area contributed by atoms with Gasteiger partial charge in [0.1, 0.15) is 0 Å². The van der Waals surface area contributed by atoms with Gasteiger partial charge in [0, 0.05) is 6.42 Å². The summed E-state index contributed by atoms with van der Waals surface area (Å²) in [7, 11) is 0. The fraction of sp³-hybridized carbons (Fsp3) is 1.00. The van der Waals surface area contributed by atoms with Crippen molar-refractivity contribution in [1.82, 2.24) is 0 Å². The van der Waals surface area contributed by atoms with Gasteiger partial charge < -0.3 is 5.73 Å². The number of hydrogen-bond donors (Lipinski definition) is 1. The Morgan fingerprint density at radius 2 is 1.62 bits per heavy atom. The van der Waals surface area contributed by atoms with Crippen LogP contribution in [0.3, 0.4) is 0 Å². The van der Waals surface area contributed by atoms with Gasteiger partial charge in [0.25, 0.3) is 6.43 Å². The van der Waals surface area contributed by atoms with Gasteiger partial charge in [-0.2, -0.15) is 13.2 Å². The van der Waals surface area contributed by atoms with Crippen molar-refractivity contribution in [1.29, 1.82) is 0 Å². The quantitative estimate of drug-likeness (QED) is 0.701. The SMILES string of the molecule is CC(N)(CCCC(F)(F)F)C(F)F. The van der Waals surface area contributed by atoms with E-state index in [1.54, 1.807) is 0 Å². The Kier molecular flexibility index (Phi) is 4.09. The standard InChI is InChI=1S/C7H12F5N/c1-6(13,5(8)9)3-2-4-7(10,11)12/h5H,2-4,13H2,1H3. The molecular weight excluding hydrogens is 193 g/mol. The van der Waals surface area contributed by atoms with Gasteiger partial charge in [0.15, 0.2) is 0 Å². The van der Waals surface area contributed by atoms with Crippen LogP contribution in [0.2, 0.25) is 0 Å². The summed E-state index contributed by atoms with van der Waals surface area (Å²) in [5.41, 5.74) is 3.26. The average molecular weight is 205 g/mol. The van der Waals surface area contributed by atoms with Crippen LogP contribution < -0.4 is 5.73 Å². The number of rotatable bonds is 4. The molecule has 80 valence electrons. The molecular formula is C7H12F5N. The van der Waals surface area contributed by atoms with Crippen LogP contribution in [0.5, 0.6) is 0 Å². The van der Waals surface area contributed by atoms with Crippen LogP contribution in [0.25, 0.3) is 0 Å². The third kappa shape index (κ3) is 5.79. The van der Waals surface area contributed by atoms with Crippen molar-refractivity contribution in [2.75, 3.05) is 0 Å². The fourth-order valence-electron chi connectivity index (χ4n) is 0.779. The van der Waals surface area contributed by atoms with Crippen LogP contribution in [0, 0.1) is 0 Å². The van der Waals surface area contributed by atoms with Crippen LogP contribution in [0.1, 0.15) is 26.2 Å². The Morgan fingerprint density at radius 3 is 1.92 bits per heavy atom. The fourth-order valence-corrected chi connectivity index (χ4v) is 0.779. The van der Waals surface area contributed by atoms with E-state index in [2.05, 4.69) is 0 Å². The largest absolute Gasteiger partial charge is 0.389 e. The molecule has 6 heteroatoms. The van der Waals surface area contributed by atoms with E-state index >= 15 is 0 Å². The van der Waals surface area contributed by atoms with Gasteiger partial charge in [0.05, 0.1) is 5.54 Å². The van der Waals surface area contributed by atoms with E-state index in [-0.39, 0.29) is 12.8 Å². The molecule has 0 aromatic rings. The summed E-state index contributed by atoms with van der Waals surface area (Å²) in [4.78, 5) is 0. The summed E-state index contributed by atoms with van der Waals surface area (Å²) in [6.45, 7) is 1.05. The first-order chi connectivity index (χ1) is 5.65. The molecule has 0 rings (SSSR count). The predicted octanol–water partition coefficient (Wildman–Crippen LogP) is 2.70. The minimum absolute atomic E-state index is 0.329.